The van der Waals surface area contributed by atoms with Crippen LogP contribution in [0.15, 0.2) is 24.3 Å². The SMILES string of the molecule is CCCc1ccc(C(CSCC2CCCC2)NC)cc1. The van der Waals surface area contributed by atoms with Gasteiger partial charge in [-0.1, -0.05) is 50.5 Å². The van der Waals surface area contributed by atoms with Crippen LogP contribution in [0, 0.1) is 5.92 Å². The first-order valence-electron chi connectivity index (χ1n) is 8.17. The van der Waals surface area contributed by atoms with E-state index in [4.69, 9.17) is 0 Å². The Morgan fingerprint density at radius 2 is 1.90 bits per heavy atom. The van der Waals surface area contributed by atoms with Crippen molar-refractivity contribution in [2.24, 2.45) is 5.92 Å². The van der Waals surface area contributed by atoms with E-state index in [0.717, 1.165) is 5.92 Å². The molecule has 0 aliphatic heterocycles. The highest BCUT2D eigenvalue weighted by molar-refractivity contribution is 7.99. The molecule has 2 rings (SSSR count). The summed E-state index contributed by atoms with van der Waals surface area (Å²) < 4.78 is 0. The van der Waals surface area contributed by atoms with Crippen LogP contribution in [0.3, 0.4) is 0 Å². The van der Waals surface area contributed by atoms with Crippen LogP contribution in [0.2, 0.25) is 0 Å². The third-order valence-corrected chi connectivity index (χ3v) is 5.66. The molecule has 1 aliphatic carbocycles. The van der Waals surface area contributed by atoms with Crippen LogP contribution in [-0.2, 0) is 6.42 Å². The molecule has 0 heterocycles. The lowest BCUT2D eigenvalue weighted by atomic mass is 10.0. The Morgan fingerprint density at radius 3 is 2.50 bits per heavy atom. The van der Waals surface area contributed by atoms with Gasteiger partial charge in [0, 0.05) is 11.8 Å². The zero-order chi connectivity index (χ0) is 14.2. The van der Waals surface area contributed by atoms with Crippen molar-refractivity contribution < 1.29 is 0 Å². The van der Waals surface area contributed by atoms with Gasteiger partial charge in [0.1, 0.15) is 0 Å². The molecule has 1 fully saturated rings. The van der Waals surface area contributed by atoms with Crippen molar-refractivity contribution in [1.29, 1.82) is 0 Å². The van der Waals surface area contributed by atoms with E-state index in [1.165, 1.54) is 61.2 Å². The maximum atomic E-state index is 3.47. The summed E-state index contributed by atoms with van der Waals surface area (Å²) in [4.78, 5) is 0. The fourth-order valence-corrected chi connectivity index (χ4v) is 4.48. The van der Waals surface area contributed by atoms with Crippen LogP contribution in [0.1, 0.15) is 56.2 Å². The lowest BCUT2D eigenvalue weighted by molar-refractivity contribution is 0.618. The third kappa shape index (κ3) is 4.82. The van der Waals surface area contributed by atoms with Crippen molar-refractivity contribution >= 4 is 11.8 Å². The van der Waals surface area contributed by atoms with Gasteiger partial charge in [0.05, 0.1) is 0 Å². The average molecular weight is 292 g/mol. The second-order valence-corrected chi connectivity index (χ2v) is 7.10. The quantitative estimate of drug-likeness (QED) is 0.736. The van der Waals surface area contributed by atoms with E-state index in [0.29, 0.717) is 6.04 Å². The topological polar surface area (TPSA) is 12.0 Å². The van der Waals surface area contributed by atoms with Crippen molar-refractivity contribution in [3.05, 3.63) is 35.4 Å². The van der Waals surface area contributed by atoms with Crippen LogP contribution in [0.25, 0.3) is 0 Å². The van der Waals surface area contributed by atoms with Crippen LogP contribution in [0.4, 0.5) is 0 Å². The molecule has 0 spiro atoms. The molecule has 0 amide bonds. The van der Waals surface area contributed by atoms with Gasteiger partial charge in [-0.25, -0.2) is 0 Å². The minimum atomic E-state index is 0.497. The van der Waals surface area contributed by atoms with Gasteiger partial charge in [0.2, 0.25) is 0 Å². The lowest BCUT2D eigenvalue weighted by Gasteiger charge is -2.18. The summed E-state index contributed by atoms with van der Waals surface area (Å²) in [5.41, 5.74) is 2.90. The molecule has 0 bridgehead atoms. The van der Waals surface area contributed by atoms with Gasteiger partial charge in [-0.3, -0.25) is 0 Å². The van der Waals surface area contributed by atoms with E-state index in [9.17, 15) is 0 Å². The molecule has 1 saturated carbocycles. The second kappa shape index (κ2) is 8.74. The Kier molecular flexibility index (Phi) is 6.95. The third-order valence-electron chi connectivity index (χ3n) is 4.38. The fourth-order valence-electron chi connectivity index (χ4n) is 3.08. The summed E-state index contributed by atoms with van der Waals surface area (Å²) in [6.45, 7) is 2.24. The van der Waals surface area contributed by atoms with Gasteiger partial charge >= 0.3 is 0 Å². The Labute approximate surface area is 128 Å². The number of benzene rings is 1. The predicted octanol–water partition coefficient (Wildman–Crippen LogP) is 4.82. The summed E-state index contributed by atoms with van der Waals surface area (Å²) in [5, 5.41) is 3.47. The highest BCUT2D eigenvalue weighted by Crippen LogP contribution is 2.29. The van der Waals surface area contributed by atoms with Crippen molar-refractivity contribution in [3.8, 4) is 0 Å². The standard InChI is InChI=1S/C18H29NS/c1-3-6-15-9-11-17(12-10-15)18(19-2)14-20-13-16-7-4-5-8-16/h9-12,16,18-19H,3-8,13-14H2,1-2H3. The highest BCUT2D eigenvalue weighted by Gasteiger charge is 2.16. The molecular weight excluding hydrogens is 262 g/mol. The number of hydrogen-bond acceptors (Lipinski definition) is 2. The van der Waals surface area contributed by atoms with Crippen molar-refractivity contribution in [2.45, 2.75) is 51.5 Å². The normalized spacial score (nSPS) is 17.5. The van der Waals surface area contributed by atoms with E-state index >= 15 is 0 Å². The first-order valence-corrected chi connectivity index (χ1v) is 9.32. The number of nitrogens with one attached hydrogen (secondary N) is 1. The Hall–Kier alpha value is -0.470. The number of thioether (sulfide) groups is 1. The van der Waals surface area contributed by atoms with E-state index < -0.39 is 0 Å². The van der Waals surface area contributed by atoms with Gasteiger partial charge in [-0.05, 0) is 49.1 Å². The first kappa shape index (κ1) is 15.9. The molecule has 0 radical (unpaired) electrons. The summed E-state index contributed by atoms with van der Waals surface area (Å²) in [5.74, 6) is 3.54. The number of rotatable bonds is 8. The second-order valence-electron chi connectivity index (χ2n) is 6.02. The van der Waals surface area contributed by atoms with Crippen molar-refractivity contribution in [3.63, 3.8) is 0 Å². The Bertz CT molecular complexity index is 368. The minimum absolute atomic E-state index is 0.497. The molecule has 1 aromatic rings. The average Bonchev–Trinajstić information content (AvgIpc) is 2.98. The van der Waals surface area contributed by atoms with Gasteiger partial charge < -0.3 is 5.32 Å². The zero-order valence-corrected chi connectivity index (χ0v) is 13.8. The summed E-state index contributed by atoms with van der Waals surface area (Å²) in [6.07, 6.45) is 8.26. The molecule has 112 valence electrons. The van der Waals surface area contributed by atoms with Crippen LogP contribution in [-0.4, -0.2) is 18.6 Å². The largest absolute Gasteiger partial charge is 0.312 e. The molecule has 1 N–H and O–H groups in total. The van der Waals surface area contributed by atoms with E-state index in [1.54, 1.807) is 0 Å². The van der Waals surface area contributed by atoms with Gasteiger partial charge in [0.15, 0.2) is 0 Å². The monoisotopic (exact) mass is 291 g/mol. The summed E-state index contributed by atoms with van der Waals surface area (Å²) in [6, 6.07) is 9.71. The van der Waals surface area contributed by atoms with Gasteiger partial charge in [-0.2, -0.15) is 11.8 Å². The fraction of sp³-hybridized carbons (Fsp3) is 0.667. The molecule has 1 aromatic carbocycles. The van der Waals surface area contributed by atoms with E-state index in [1.807, 2.05) is 0 Å². The molecule has 1 nitrogen and oxygen atoms in total. The maximum absolute atomic E-state index is 3.47. The van der Waals surface area contributed by atoms with Crippen LogP contribution < -0.4 is 5.32 Å². The molecule has 2 heteroatoms. The maximum Gasteiger partial charge on any atom is 0.0409 e. The highest BCUT2D eigenvalue weighted by atomic mass is 32.2. The lowest BCUT2D eigenvalue weighted by Crippen LogP contribution is -2.19. The van der Waals surface area contributed by atoms with Crippen molar-refractivity contribution in [2.75, 3.05) is 18.6 Å². The Balaban J connectivity index is 1.80. The minimum Gasteiger partial charge on any atom is -0.312 e. The summed E-state index contributed by atoms with van der Waals surface area (Å²) in [7, 11) is 2.08. The Morgan fingerprint density at radius 1 is 1.20 bits per heavy atom. The molecule has 0 aromatic heterocycles. The van der Waals surface area contributed by atoms with E-state index in [-0.39, 0.29) is 0 Å². The molecule has 1 aliphatic rings. The van der Waals surface area contributed by atoms with Crippen LogP contribution >= 0.6 is 11.8 Å². The molecule has 20 heavy (non-hydrogen) atoms. The van der Waals surface area contributed by atoms with Crippen LogP contribution in [0.5, 0.6) is 0 Å². The molecule has 1 atom stereocenters. The zero-order valence-electron chi connectivity index (χ0n) is 13.0. The molecular formula is C18H29NS. The molecule has 0 saturated heterocycles. The number of aryl methyl sites for hydroxylation is 1. The van der Waals surface area contributed by atoms with Gasteiger partial charge in [-0.15, -0.1) is 0 Å². The van der Waals surface area contributed by atoms with E-state index in [2.05, 4.69) is 55.3 Å². The summed E-state index contributed by atoms with van der Waals surface area (Å²) >= 11 is 2.13. The predicted molar refractivity (Wildman–Crippen MR) is 91.5 cm³/mol. The van der Waals surface area contributed by atoms with Gasteiger partial charge in [0.25, 0.3) is 0 Å². The van der Waals surface area contributed by atoms with Crippen molar-refractivity contribution in [1.82, 2.24) is 5.32 Å². The number of hydrogen-bond donors (Lipinski definition) is 1. The smallest absolute Gasteiger partial charge is 0.0409 e. The molecule has 1 unspecified atom stereocenters. The first-order chi connectivity index (χ1) is 9.83.